The summed E-state index contributed by atoms with van der Waals surface area (Å²) in [6, 6.07) is 36.6. The molecule has 0 aliphatic heterocycles. The zero-order valence-electron chi connectivity index (χ0n) is 17.2. The summed E-state index contributed by atoms with van der Waals surface area (Å²) in [5.74, 6) is 0.163. The highest BCUT2D eigenvalue weighted by Crippen LogP contribution is 2.49. The van der Waals surface area contributed by atoms with Crippen molar-refractivity contribution < 1.29 is 9.67 Å². The molecule has 0 aliphatic carbocycles. The van der Waals surface area contributed by atoms with E-state index in [1.54, 1.807) is 6.07 Å². The highest BCUT2D eigenvalue weighted by molar-refractivity contribution is 9.10. The molecule has 0 saturated carbocycles. The molecule has 156 valence electrons. The van der Waals surface area contributed by atoms with Gasteiger partial charge in [0, 0.05) is 25.8 Å². The molecule has 5 rings (SSSR count). The van der Waals surface area contributed by atoms with E-state index in [0.717, 1.165) is 36.9 Å². The van der Waals surface area contributed by atoms with Gasteiger partial charge < -0.3 is 9.67 Å². The monoisotopic (exact) mass is 498 g/mol. The molecule has 5 aromatic carbocycles. The number of hydrogen-bond acceptors (Lipinski definition) is 2. The first-order valence-corrected chi connectivity index (χ1v) is 12.8. The van der Waals surface area contributed by atoms with Gasteiger partial charge in [-0.2, -0.15) is 0 Å². The maximum Gasteiger partial charge on any atom is 0.172 e. The maximum atomic E-state index is 15.3. The Balaban J connectivity index is 1.99. The van der Waals surface area contributed by atoms with Gasteiger partial charge in [0.2, 0.25) is 0 Å². The molecule has 0 aliphatic rings. The van der Waals surface area contributed by atoms with Crippen molar-refractivity contribution in [3.05, 3.63) is 120 Å². The quantitative estimate of drug-likeness (QED) is 0.283. The van der Waals surface area contributed by atoms with E-state index < -0.39 is 7.14 Å². The van der Waals surface area contributed by atoms with Gasteiger partial charge in [0.15, 0.2) is 7.14 Å². The first-order chi connectivity index (χ1) is 15.6. The zero-order chi connectivity index (χ0) is 22.1. The van der Waals surface area contributed by atoms with Crippen molar-refractivity contribution in [3.63, 3.8) is 0 Å². The van der Waals surface area contributed by atoms with E-state index >= 15 is 4.57 Å². The summed E-state index contributed by atoms with van der Waals surface area (Å²) in [5, 5.41) is 14.7. The van der Waals surface area contributed by atoms with Crippen LogP contribution in [0.4, 0.5) is 0 Å². The molecule has 0 aromatic heterocycles. The van der Waals surface area contributed by atoms with Crippen LogP contribution >= 0.6 is 23.1 Å². The SMILES string of the molecule is O=P(c1ccccc1)(c1ccccc1)c1c(-c2ccccc2)cc(O)c2cc(Br)ccc12. The molecule has 1 N–H and O–H groups in total. The van der Waals surface area contributed by atoms with Crippen molar-refractivity contribution in [1.82, 2.24) is 0 Å². The molecular weight excluding hydrogens is 479 g/mol. The minimum atomic E-state index is -3.29. The third-order valence-corrected chi connectivity index (χ3v) is 9.34. The number of phenolic OH excluding ortho intramolecular Hbond substituents is 1. The lowest BCUT2D eigenvalue weighted by atomic mass is 10.00. The van der Waals surface area contributed by atoms with Gasteiger partial charge in [-0.25, -0.2) is 0 Å². The fraction of sp³-hybridized carbons (Fsp3) is 0. The van der Waals surface area contributed by atoms with Crippen LogP contribution in [0.15, 0.2) is 120 Å². The summed E-state index contributed by atoms with van der Waals surface area (Å²) < 4.78 is 16.2. The van der Waals surface area contributed by atoms with Gasteiger partial charge >= 0.3 is 0 Å². The molecule has 0 spiro atoms. The lowest BCUT2D eigenvalue weighted by Crippen LogP contribution is -2.27. The van der Waals surface area contributed by atoms with E-state index in [1.165, 1.54) is 0 Å². The van der Waals surface area contributed by atoms with E-state index in [9.17, 15) is 5.11 Å². The van der Waals surface area contributed by atoms with Crippen molar-refractivity contribution in [2.45, 2.75) is 0 Å². The molecule has 0 bridgehead atoms. The standard InChI is InChI=1S/C28H20BrO2P/c29-21-16-17-24-26(18-21)27(30)19-25(20-10-4-1-5-11-20)28(24)32(31,22-12-6-2-7-13-22)23-14-8-3-9-15-23/h1-19,30H. The van der Waals surface area contributed by atoms with Crippen LogP contribution in [0.25, 0.3) is 21.9 Å². The van der Waals surface area contributed by atoms with Crippen LogP contribution in [-0.2, 0) is 4.57 Å². The molecule has 32 heavy (non-hydrogen) atoms. The van der Waals surface area contributed by atoms with Gasteiger partial charge in [-0.05, 0) is 34.7 Å². The molecule has 0 atom stereocenters. The van der Waals surface area contributed by atoms with Gasteiger partial charge in [0.1, 0.15) is 5.75 Å². The number of rotatable bonds is 4. The fourth-order valence-corrected chi connectivity index (χ4v) is 7.65. The first-order valence-electron chi connectivity index (χ1n) is 10.3. The van der Waals surface area contributed by atoms with E-state index in [0.29, 0.717) is 5.39 Å². The first kappa shape index (κ1) is 20.8. The van der Waals surface area contributed by atoms with Crippen LogP contribution < -0.4 is 15.9 Å². The van der Waals surface area contributed by atoms with Gasteiger partial charge in [-0.1, -0.05) is 113 Å². The number of phenols is 1. The van der Waals surface area contributed by atoms with Crippen LogP contribution in [0, 0.1) is 0 Å². The fourth-order valence-electron chi connectivity index (χ4n) is 4.22. The Morgan fingerprint density at radius 1 is 0.625 bits per heavy atom. The molecule has 5 aromatic rings. The van der Waals surface area contributed by atoms with Crippen LogP contribution in [0.5, 0.6) is 5.75 Å². The Bertz CT molecular complexity index is 1410. The van der Waals surface area contributed by atoms with E-state index in [4.69, 9.17) is 0 Å². The number of fused-ring (bicyclic) bond motifs is 1. The predicted molar refractivity (Wildman–Crippen MR) is 138 cm³/mol. The van der Waals surface area contributed by atoms with Crippen molar-refractivity contribution in [2.75, 3.05) is 0 Å². The van der Waals surface area contributed by atoms with Crippen LogP contribution in [0.2, 0.25) is 0 Å². The topological polar surface area (TPSA) is 37.3 Å². The molecule has 2 nitrogen and oxygen atoms in total. The molecule has 0 unspecified atom stereocenters. The summed E-state index contributed by atoms with van der Waals surface area (Å²) in [6.45, 7) is 0. The second kappa shape index (κ2) is 8.43. The second-order valence-electron chi connectivity index (χ2n) is 7.63. The van der Waals surface area contributed by atoms with Gasteiger partial charge in [0.05, 0.1) is 0 Å². The predicted octanol–water partition coefficient (Wildman–Crippen LogP) is 6.61. The zero-order valence-corrected chi connectivity index (χ0v) is 19.6. The maximum absolute atomic E-state index is 15.3. The number of benzene rings is 5. The molecule has 0 heterocycles. The smallest absolute Gasteiger partial charge is 0.172 e. The minimum absolute atomic E-state index is 0.163. The molecule has 0 fully saturated rings. The van der Waals surface area contributed by atoms with Gasteiger partial charge in [-0.15, -0.1) is 0 Å². The van der Waals surface area contributed by atoms with Gasteiger partial charge in [0.25, 0.3) is 0 Å². The third kappa shape index (κ3) is 3.48. The largest absolute Gasteiger partial charge is 0.507 e. The van der Waals surface area contributed by atoms with Crippen molar-refractivity contribution in [3.8, 4) is 16.9 Å². The Morgan fingerprint density at radius 2 is 1.16 bits per heavy atom. The van der Waals surface area contributed by atoms with Gasteiger partial charge in [-0.3, -0.25) is 0 Å². The molecule has 4 heteroatoms. The Labute approximate surface area is 195 Å². The van der Waals surface area contributed by atoms with E-state index in [1.807, 2.05) is 109 Å². The summed E-state index contributed by atoms with van der Waals surface area (Å²) in [5.41, 5.74) is 1.68. The van der Waals surface area contributed by atoms with Crippen LogP contribution in [0.1, 0.15) is 0 Å². The Hall–Kier alpha value is -3.13. The Morgan fingerprint density at radius 3 is 1.72 bits per heavy atom. The lowest BCUT2D eigenvalue weighted by Gasteiger charge is -2.25. The average Bonchev–Trinajstić information content (AvgIpc) is 2.85. The second-order valence-corrected chi connectivity index (χ2v) is 11.2. The third-order valence-electron chi connectivity index (χ3n) is 5.69. The molecule has 0 amide bonds. The molecule has 0 saturated heterocycles. The van der Waals surface area contributed by atoms with E-state index in [-0.39, 0.29) is 5.75 Å². The summed E-state index contributed by atoms with van der Waals surface area (Å²) >= 11 is 3.51. The number of aromatic hydroxyl groups is 1. The Kier molecular flexibility index (Phi) is 5.46. The van der Waals surface area contributed by atoms with Crippen LogP contribution in [0.3, 0.4) is 0 Å². The summed E-state index contributed by atoms with van der Waals surface area (Å²) in [7, 11) is -3.29. The minimum Gasteiger partial charge on any atom is -0.507 e. The molecular formula is C28H20BrO2P. The lowest BCUT2D eigenvalue weighted by molar-refractivity contribution is 0.482. The van der Waals surface area contributed by atoms with Crippen molar-refractivity contribution in [1.29, 1.82) is 0 Å². The van der Waals surface area contributed by atoms with Crippen molar-refractivity contribution >= 4 is 49.8 Å². The number of halogens is 1. The number of hydrogen-bond donors (Lipinski definition) is 1. The normalized spacial score (nSPS) is 11.5. The van der Waals surface area contributed by atoms with Crippen molar-refractivity contribution in [2.24, 2.45) is 0 Å². The van der Waals surface area contributed by atoms with Crippen LogP contribution in [-0.4, -0.2) is 5.11 Å². The highest BCUT2D eigenvalue weighted by Gasteiger charge is 2.34. The highest BCUT2D eigenvalue weighted by atomic mass is 79.9. The molecule has 0 radical (unpaired) electrons. The van der Waals surface area contributed by atoms with E-state index in [2.05, 4.69) is 15.9 Å². The summed E-state index contributed by atoms with van der Waals surface area (Å²) in [4.78, 5) is 0. The average molecular weight is 499 g/mol. The summed E-state index contributed by atoms with van der Waals surface area (Å²) in [6.07, 6.45) is 0.